The van der Waals surface area contributed by atoms with E-state index in [-0.39, 0.29) is 39.5 Å². The number of ketones is 1. The number of nitrogens with zero attached hydrogens (tertiary/aromatic N) is 1. The normalized spacial score (nSPS) is 18.6. The number of alkyl halides is 4. The average molecular weight is 542 g/mol. The molecular weight excluding hydrogens is 523 g/mol. The van der Waals surface area contributed by atoms with Gasteiger partial charge in [0.1, 0.15) is 0 Å². The highest BCUT2D eigenvalue weighted by Crippen LogP contribution is 2.49. The lowest BCUT2D eigenvalue weighted by molar-refractivity contribution is -0.275. The largest absolute Gasteiger partial charge is 0.435 e. The van der Waals surface area contributed by atoms with Crippen molar-refractivity contribution in [1.29, 1.82) is 0 Å². The molecule has 0 aromatic heterocycles. The van der Waals surface area contributed by atoms with Crippen LogP contribution in [0.2, 0.25) is 15.1 Å². The monoisotopic (exact) mass is 540 g/mol. The van der Waals surface area contributed by atoms with E-state index in [2.05, 4.69) is 10.5 Å². The summed E-state index contributed by atoms with van der Waals surface area (Å²) in [5, 5.41) is 7.03. The van der Waals surface area contributed by atoms with Crippen molar-refractivity contribution in [2.45, 2.75) is 32.0 Å². The van der Waals surface area contributed by atoms with E-state index in [1.807, 2.05) is 0 Å². The van der Waals surface area contributed by atoms with Crippen LogP contribution in [0.3, 0.4) is 0 Å². The summed E-state index contributed by atoms with van der Waals surface area (Å²) < 4.78 is 42.6. The Bertz CT molecular complexity index is 1090. The van der Waals surface area contributed by atoms with Crippen molar-refractivity contribution in [3.8, 4) is 0 Å². The molecule has 11 heteroatoms. The Kier molecular flexibility index (Phi) is 7.49. The standard InChI is InChI=1S/C22H19Cl4F3N2O2/c1-20(2,11-23)19(32)10-30-17-5-12(3-4-16(17)26)18-9-21(33-31-18,22(27,28)29)13-6-14(24)8-15(25)7-13/h3-8,30H,9-11H2,1-2H3. The van der Waals surface area contributed by atoms with Crippen LogP contribution in [0.15, 0.2) is 41.6 Å². The van der Waals surface area contributed by atoms with Crippen LogP contribution in [-0.4, -0.2) is 30.1 Å². The minimum Gasteiger partial charge on any atom is -0.377 e. The van der Waals surface area contributed by atoms with Gasteiger partial charge in [0.15, 0.2) is 5.78 Å². The summed E-state index contributed by atoms with van der Waals surface area (Å²) in [5.41, 5.74) is -2.98. The van der Waals surface area contributed by atoms with Crippen LogP contribution in [0, 0.1) is 5.41 Å². The van der Waals surface area contributed by atoms with Gasteiger partial charge in [-0.3, -0.25) is 4.79 Å². The zero-order valence-electron chi connectivity index (χ0n) is 17.5. The van der Waals surface area contributed by atoms with Crippen LogP contribution in [0.1, 0.15) is 31.4 Å². The molecule has 0 saturated heterocycles. The summed E-state index contributed by atoms with van der Waals surface area (Å²) in [4.78, 5) is 17.4. The van der Waals surface area contributed by atoms with Gasteiger partial charge in [-0.25, -0.2) is 0 Å². The highest BCUT2D eigenvalue weighted by molar-refractivity contribution is 6.35. The third-order valence-corrected chi connectivity index (χ3v) is 6.78. The Morgan fingerprint density at radius 1 is 1.12 bits per heavy atom. The summed E-state index contributed by atoms with van der Waals surface area (Å²) in [6.07, 6.45) is -5.41. The van der Waals surface area contributed by atoms with Crippen LogP contribution >= 0.6 is 46.4 Å². The van der Waals surface area contributed by atoms with E-state index in [4.69, 9.17) is 51.2 Å². The van der Waals surface area contributed by atoms with Gasteiger partial charge in [-0.15, -0.1) is 11.6 Å². The molecule has 2 aromatic carbocycles. The lowest BCUT2D eigenvalue weighted by Crippen LogP contribution is -2.42. The number of hydrogen-bond acceptors (Lipinski definition) is 4. The Balaban J connectivity index is 1.89. The van der Waals surface area contributed by atoms with Crippen LogP contribution in [0.25, 0.3) is 0 Å². The second-order valence-electron chi connectivity index (χ2n) is 8.28. The van der Waals surface area contributed by atoms with E-state index in [0.29, 0.717) is 16.3 Å². The van der Waals surface area contributed by atoms with E-state index < -0.39 is 23.6 Å². The molecule has 0 radical (unpaired) electrons. The summed E-state index contributed by atoms with van der Waals surface area (Å²) in [5.74, 6) is -0.00270. The van der Waals surface area contributed by atoms with Gasteiger partial charge in [0, 0.05) is 38.9 Å². The van der Waals surface area contributed by atoms with E-state index >= 15 is 0 Å². The van der Waals surface area contributed by atoms with Gasteiger partial charge in [-0.1, -0.05) is 59.9 Å². The number of hydrogen-bond donors (Lipinski definition) is 1. The van der Waals surface area contributed by atoms with Gasteiger partial charge in [-0.05, 0) is 30.3 Å². The van der Waals surface area contributed by atoms with Crippen LogP contribution in [-0.2, 0) is 15.2 Å². The summed E-state index contributed by atoms with van der Waals surface area (Å²) in [6, 6.07) is 8.18. The zero-order valence-corrected chi connectivity index (χ0v) is 20.5. The molecule has 4 nitrogen and oxygen atoms in total. The second-order valence-corrected chi connectivity index (χ2v) is 9.83. The number of anilines is 1. The van der Waals surface area contributed by atoms with Gasteiger partial charge in [0.2, 0.25) is 0 Å². The quantitative estimate of drug-likeness (QED) is 0.370. The molecule has 0 fully saturated rings. The third-order valence-electron chi connectivity index (χ3n) is 5.34. The van der Waals surface area contributed by atoms with Gasteiger partial charge >= 0.3 is 6.18 Å². The molecule has 1 N–H and O–H groups in total. The van der Waals surface area contributed by atoms with Crippen molar-refractivity contribution in [3.63, 3.8) is 0 Å². The number of carbonyl (C=O) groups is 1. The Morgan fingerprint density at radius 2 is 1.76 bits per heavy atom. The fourth-order valence-corrected chi connectivity index (χ4v) is 4.03. The number of oxime groups is 1. The van der Waals surface area contributed by atoms with Crippen molar-refractivity contribution >= 4 is 63.6 Å². The van der Waals surface area contributed by atoms with Gasteiger partial charge in [-0.2, -0.15) is 13.2 Å². The number of rotatable bonds is 7. The van der Waals surface area contributed by atoms with Crippen molar-refractivity contribution < 1.29 is 22.8 Å². The van der Waals surface area contributed by atoms with Crippen LogP contribution in [0.5, 0.6) is 0 Å². The second kappa shape index (κ2) is 9.53. The maximum absolute atomic E-state index is 14.2. The fraction of sp³-hybridized carbons (Fsp3) is 0.364. The van der Waals surface area contributed by atoms with Gasteiger partial charge < -0.3 is 10.2 Å². The molecule has 1 unspecified atom stereocenters. The molecular formula is C22H19Cl4F3N2O2. The number of benzene rings is 2. The predicted molar refractivity (Wildman–Crippen MR) is 126 cm³/mol. The number of Topliss-reactive ketones (excluding diaryl/α,β-unsaturated/α-hetero) is 1. The van der Waals surface area contributed by atoms with Crippen molar-refractivity contribution in [1.82, 2.24) is 0 Å². The molecule has 0 bridgehead atoms. The molecule has 3 rings (SSSR count). The molecule has 0 saturated carbocycles. The molecule has 1 atom stereocenters. The minimum absolute atomic E-state index is 0.0423. The number of carbonyl (C=O) groups excluding carboxylic acids is 1. The average Bonchev–Trinajstić information content (AvgIpc) is 3.19. The van der Waals surface area contributed by atoms with Crippen molar-refractivity contribution in [2.75, 3.05) is 17.7 Å². The molecule has 1 aliphatic heterocycles. The van der Waals surface area contributed by atoms with E-state index in [9.17, 15) is 18.0 Å². The fourth-order valence-electron chi connectivity index (χ4n) is 3.18. The molecule has 0 spiro atoms. The van der Waals surface area contributed by atoms with Gasteiger partial charge in [0.25, 0.3) is 5.60 Å². The topological polar surface area (TPSA) is 50.7 Å². The first-order chi connectivity index (χ1) is 15.3. The first-order valence-corrected chi connectivity index (χ1v) is 11.4. The maximum atomic E-state index is 14.2. The van der Waals surface area contributed by atoms with Crippen molar-refractivity contribution in [3.05, 3.63) is 62.6 Å². The Hall–Kier alpha value is -1.67. The van der Waals surface area contributed by atoms with Crippen LogP contribution in [0.4, 0.5) is 18.9 Å². The summed E-state index contributed by atoms with van der Waals surface area (Å²) >= 11 is 23.9. The zero-order chi connectivity index (χ0) is 24.6. The van der Waals surface area contributed by atoms with Crippen LogP contribution < -0.4 is 5.32 Å². The first-order valence-electron chi connectivity index (χ1n) is 9.70. The molecule has 0 amide bonds. The maximum Gasteiger partial charge on any atom is 0.435 e. The Morgan fingerprint density at radius 3 is 2.33 bits per heavy atom. The summed E-state index contributed by atoms with van der Waals surface area (Å²) in [7, 11) is 0. The smallest absolute Gasteiger partial charge is 0.377 e. The van der Waals surface area contributed by atoms with E-state index in [1.54, 1.807) is 13.8 Å². The lowest BCUT2D eigenvalue weighted by Gasteiger charge is -2.29. The highest BCUT2D eigenvalue weighted by atomic mass is 35.5. The minimum atomic E-state index is -4.81. The molecule has 33 heavy (non-hydrogen) atoms. The first kappa shape index (κ1) is 25.9. The van der Waals surface area contributed by atoms with Gasteiger partial charge in [0.05, 0.1) is 23.0 Å². The van der Waals surface area contributed by atoms with Crippen molar-refractivity contribution in [2.24, 2.45) is 10.6 Å². The molecule has 0 aliphatic carbocycles. The Labute approximate surface area is 209 Å². The summed E-state index contributed by atoms with van der Waals surface area (Å²) in [6.45, 7) is 3.37. The van der Waals surface area contributed by atoms with E-state index in [0.717, 1.165) is 12.1 Å². The SMILES string of the molecule is CC(C)(CCl)C(=O)CNc1cc(C2=NOC(c3cc(Cl)cc(Cl)c3)(C(F)(F)F)C2)ccc1Cl. The molecule has 2 aromatic rings. The third kappa shape index (κ3) is 5.37. The lowest BCUT2D eigenvalue weighted by atomic mass is 9.86. The molecule has 1 aliphatic rings. The highest BCUT2D eigenvalue weighted by Gasteiger charge is 2.62. The molecule has 1 heterocycles. The number of nitrogens with one attached hydrogen (secondary N) is 1. The molecule has 178 valence electrons. The van der Waals surface area contributed by atoms with E-state index in [1.165, 1.54) is 24.3 Å². The predicted octanol–water partition coefficient (Wildman–Crippen LogP) is 7.48. The number of halogens is 7.